The lowest BCUT2D eigenvalue weighted by Gasteiger charge is -2.26. The third-order valence-corrected chi connectivity index (χ3v) is 6.36. The molecule has 0 aliphatic carbocycles. The molecule has 1 heterocycles. The molecule has 0 aliphatic rings. The van der Waals surface area contributed by atoms with Gasteiger partial charge < -0.3 is 14.8 Å². The van der Waals surface area contributed by atoms with E-state index in [0.29, 0.717) is 11.4 Å². The van der Waals surface area contributed by atoms with E-state index in [1.54, 1.807) is 42.6 Å². The van der Waals surface area contributed by atoms with E-state index >= 15 is 0 Å². The number of rotatable bonds is 8. The van der Waals surface area contributed by atoms with Crippen molar-refractivity contribution in [3.05, 3.63) is 72.6 Å². The summed E-state index contributed by atoms with van der Waals surface area (Å²) < 4.78 is 38.6. The summed E-state index contributed by atoms with van der Waals surface area (Å²) in [5.74, 6) is 0.179. The molecule has 162 valence electrons. The summed E-state index contributed by atoms with van der Waals surface area (Å²) in [7, 11) is -1.19. The smallest absolute Gasteiger partial charge is 0.264 e. The number of carbonyl (C=O) groups is 1. The number of anilines is 2. The van der Waals surface area contributed by atoms with Gasteiger partial charge in [0, 0.05) is 12.3 Å². The van der Waals surface area contributed by atoms with E-state index in [-0.39, 0.29) is 16.3 Å². The van der Waals surface area contributed by atoms with E-state index in [1.165, 1.54) is 38.6 Å². The van der Waals surface area contributed by atoms with E-state index in [4.69, 9.17) is 9.47 Å². The van der Waals surface area contributed by atoms with Gasteiger partial charge in [-0.1, -0.05) is 18.2 Å². The molecule has 8 nitrogen and oxygen atoms in total. The molecular formula is C22H23N3O5S. The zero-order valence-electron chi connectivity index (χ0n) is 17.4. The molecule has 31 heavy (non-hydrogen) atoms. The maximum absolute atomic E-state index is 13.5. The molecule has 0 saturated heterocycles. The van der Waals surface area contributed by atoms with Crippen molar-refractivity contribution in [1.29, 1.82) is 0 Å². The number of nitrogens with zero attached hydrogens (tertiary/aromatic N) is 2. The summed E-state index contributed by atoms with van der Waals surface area (Å²) in [5, 5.41) is 2.72. The topological polar surface area (TPSA) is 97.8 Å². The van der Waals surface area contributed by atoms with Crippen LogP contribution in [-0.4, -0.2) is 40.1 Å². The maximum Gasteiger partial charge on any atom is 0.264 e. The largest absolute Gasteiger partial charge is 0.497 e. The van der Waals surface area contributed by atoms with E-state index in [0.717, 1.165) is 9.87 Å². The number of hydrogen-bond acceptors (Lipinski definition) is 6. The Morgan fingerprint density at radius 1 is 1.06 bits per heavy atom. The zero-order valence-corrected chi connectivity index (χ0v) is 18.2. The van der Waals surface area contributed by atoms with Crippen LogP contribution in [0.1, 0.15) is 5.56 Å². The van der Waals surface area contributed by atoms with Crippen molar-refractivity contribution >= 4 is 27.3 Å². The molecule has 0 unspecified atom stereocenters. The third kappa shape index (κ3) is 4.95. The van der Waals surface area contributed by atoms with Gasteiger partial charge in [0.25, 0.3) is 10.0 Å². The Kier molecular flexibility index (Phi) is 6.76. The van der Waals surface area contributed by atoms with Crippen molar-refractivity contribution in [2.45, 2.75) is 11.8 Å². The Morgan fingerprint density at radius 2 is 1.81 bits per heavy atom. The molecule has 0 saturated carbocycles. The highest BCUT2D eigenvalue weighted by Crippen LogP contribution is 2.35. The normalized spacial score (nSPS) is 10.9. The molecule has 0 spiro atoms. The van der Waals surface area contributed by atoms with Gasteiger partial charge in [-0.2, -0.15) is 0 Å². The predicted octanol–water partition coefficient (Wildman–Crippen LogP) is 3.24. The molecule has 0 atom stereocenters. The van der Waals surface area contributed by atoms with Crippen molar-refractivity contribution in [1.82, 2.24) is 4.98 Å². The minimum absolute atomic E-state index is 0.0465. The number of hydrogen-bond donors (Lipinski definition) is 1. The summed E-state index contributed by atoms with van der Waals surface area (Å²) in [6.45, 7) is 1.34. The average Bonchev–Trinajstić information content (AvgIpc) is 2.79. The van der Waals surface area contributed by atoms with Crippen LogP contribution >= 0.6 is 0 Å². The second-order valence-corrected chi connectivity index (χ2v) is 8.46. The summed E-state index contributed by atoms with van der Waals surface area (Å²) in [6, 6.07) is 14.4. The molecule has 0 bridgehead atoms. The SMILES string of the molecule is COc1ccc(OC)c(N(CC(=O)Nc2cnccc2C)S(=O)(=O)c2ccccc2)c1. The maximum atomic E-state index is 13.5. The molecule has 9 heteroatoms. The fourth-order valence-electron chi connectivity index (χ4n) is 2.93. The Bertz CT molecular complexity index is 1170. The fourth-order valence-corrected chi connectivity index (χ4v) is 4.37. The number of aromatic nitrogens is 1. The molecular weight excluding hydrogens is 418 g/mol. The number of methoxy groups -OCH3 is 2. The highest BCUT2D eigenvalue weighted by molar-refractivity contribution is 7.92. The second kappa shape index (κ2) is 9.48. The van der Waals surface area contributed by atoms with E-state index in [1.807, 2.05) is 6.92 Å². The number of sulfonamides is 1. The highest BCUT2D eigenvalue weighted by Gasteiger charge is 2.30. The van der Waals surface area contributed by atoms with Crippen LogP contribution in [-0.2, 0) is 14.8 Å². The van der Waals surface area contributed by atoms with Crippen LogP contribution in [0.4, 0.5) is 11.4 Å². The minimum Gasteiger partial charge on any atom is -0.497 e. The Hall–Kier alpha value is -3.59. The minimum atomic E-state index is -4.09. The molecule has 2 aromatic carbocycles. The van der Waals surface area contributed by atoms with Gasteiger partial charge in [-0.25, -0.2) is 8.42 Å². The first kappa shape index (κ1) is 22.1. The summed E-state index contributed by atoms with van der Waals surface area (Å²) in [6.07, 6.45) is 3.12. The lowest BCUT2D eigenvalue weighted by Crippen LogP contribution is -2.38. The van der Waals surface area contributed by atoms with Crippen LogP contribution in [0.15, 0.2) is 71.9 Å². The Morgan fingerprint density at radius 3 is 2.45 bits per heavy atom. The average molecular weight is 442 g/mol. The molecule has 3 aromatic rings. The molecule has 1 aromatic heterocycles. The highest BCUT2D eigenvalue weighted by atomic mass is 32.2. The third-order valence-electron chi connectivity index (χ3n) is 4.59. The second-order valence-electron chi connectivity index (χ2n) is 6.60. The van der Waals surface area contributed by atoms with Gasteiger partial charge in [0.15, 0.2) is 0 Å². The number of aryl methyl sites for hydroxylation is 1. The predicted molar refractivity (Wildman–Crippen MR) is 118 cm³/mol. The summed E-state index contributed by atoms with van der Waals surface area (Å²) in [5.41, 5.74) is 1.49. The number of nitrogens with one attached hydrogen (secondary N) is 1. The van der Waals surface area contributed by atoms with Gasteiger partial charge >= 0.3 is 0 Å². The van der Waals surface area contributed by atoms with Crippen molar-refractivity contribution in [2.75, 3.05) is 30.4 Å². The van der Waals surface area contributed by atoms with Gasteiger partial charge in [-0.15, -0.1) is 0 Å². The number of ether oxygens (including phenoxy) is 2. The van der Waals surface area contributed by atoms with Crippen molar-refractivity contribution in [3.63, 3.8) is 0 Å². The summed E-state index contributed by atoms with van der Waals surface area (Å²) in [4.78, 5) is 16.9. The number of amides is 1. The first-order valence-electron chi connectivity index (χ1n) is 9.37. The number of pyridine rings is 1. The van der Waals surface area contributed by atoms with Crippen LogP contribution < -0.4 is 19.1 Å². The van der Waals surface area contributed by atoms with Gasteiger partial charge in [-0.3, -0.25) is 14.1 Å². The lowest BCUT2D eigenvalue weighted by molar-refractivity contribution is -0.114. The van der Waals surface area contributed by atoms with Gasteiger partial charge in [-0.05, 0) is 42.8 Å². The van der Waals surface area contributed by atoms with Crippen LogP contribution in [0.3, 0.4) is 0 Å². The van der Waals surface area contributed by atoms with Crippen LogP contribution in [0.25, 0.3) is 0 Å². The number of benzene rings is 2. The Labute approximate surface area is 181 Å². The van der Waals surface area contributed by atoms with Crippen molar-refractivity contribution in [3.8, 4) is 11.5 Å². The van der Waals surface area contributed by atoms with Crippen LogP contribution in [0, 0.1) is 6.92 Å². The van der Waals surface area contributed by atoms with Crippen LogP contribution in [0.5, 0.6) is 11.5 Å². The molecule has 1 amide bonds. The molecule has 0 fully saturated rings. The first-order chi connectivity index (χ1) is 14.9. The van der Waals surface area contributed by atoms with E-state index < -0.39 is 22.5 Å². The quantitative estimate of drug-likeness (QED) is 0.576. The molecule has 1 N–H and O–H groups in total. The first-order valence-corrected chi connectivity index (χ1v) is 10.8. The number of carbonyl (C=O) groups excluding carboxylic acids is 1. The monoisotopic (exact) mass is 441 g/mol. The van der Waals surface area contributed by atoms with E-state index in [2.05, 4.69) is 10.3 Å². The molecule has 0 radical (unpaired) electrons. The van der Waals surface area contributed by atoms with Gasteiger partial charge in [0.05, 0.1) is 36.7 Å². The van der Waals surface area contributed by atoms with Gasteiger partial charge in [0.1, 0.15) is 18.0 Å². The molecule has 0 aliphatic heterocycles. The standard InChI is InChI=1S/C22H23N3O5S/c1-16-11-12-23-14-19(16)24-22(26)15-25(31(27,28)18-7-5-4-6-8-18)20-13-17(29-2)9-10-21(20)30-3/h4-14H,15H2,1-3H3,(H,24,26). The van der Waals surface area contributed by atoms with Crippen molar-refractivity contribution < 1.29 is 22.7 Å². The van der Waals surface area contributed by atoms with E-state index in [9.17, 15) is 13.2 Å². The Balaban J connectivity index is 2.05. The lowest BCUT2D eigenvalue weighted by atomic mass is 10.2. The zero-order chi connectivity index (χ0) is 22.4. The van der Waals surface area contributed by atoms with Crippen molar-refractivity contribution in [2.24, 2.45) is 0 Å². The molecule has 3 rings (SSSR count). The fraction of sp³-hybridized carbons (Fsp3) is 0.182. The van der Waals surface area contributed by atoms with Crippen LogP contribution in [0.2, 0.25) is 0 Å². The summed E-state index contributed by atoms with van der Waals surface area (Å²) >= 11 is 0. The van der Waals surface area contributed by atoms with Gasteiger partial charge in [0.2, 0.25) is 5.91 Å².